The summed E-state index contributed by atoms with van der Waals surface area (Å²) in [7, 11) is 0. The Hall–Kier alpha value is -3.60. The lowest BCUT2D eigenvalue weighted by Crippen LogP contribution is -2.48. The number of amides is 2. The second kappa shape index (κ2) is 9.03. The summed E-state index contributed by atoms with van der Waals surface area (Å²) in [6.07, 6.45) is -1.02. The van der Waals surface area contributed by atoms with Gasteiger partial charge in [-0.2, -0.15) is 5.26 Å². The van der Waals surface area contributed by atoms with Crippen molar-refractivity contribution in [1.82, 2.24) is 10.9 Å². The fourth-order valence-corrected chi connectivity index (χ4v) is 1.83. The molecule has 2 amide bonds. The van der Waals surface area contributed by atoms with E-state index in [0.717, 1.165) is 0 Å². The van der Waals surface area contributed by atoms with Gasteiger partial charge >= 0.3 is 0 Å². The minimum Gasteiger partial charge on any atom is -0.484 e. The molecule has 2 aromatic carbocycles. The van der Waals surface area contributed by atoms with Gasteiger partial charge in [0.1, 0.15) is 5.75 Å². The maximum atomic E-state index is 13.5. The Kier molecular flexibility index (Phi) is 6.51. The molecule has 8 heteroatoms. The van der Waals surface area contributed by atoms with Crippen LogP contribution < -0.4 is 20.3 Å². The number of hydrogen-bond acceptors (Lipinski definition) is 5. The highest BCUT2D eigenvalue weighted by atomic mass is 19.1. The molecular formula is C18H16FN3O4. The zero-order chi connectivity index (χ0) is 18.9. The van der Waals surface area contributed by atoms with Crippen molar-refractivity contribution >= 4 is 11.8 Å². The molecule has 0 fully saturated rings. The number of ether oxygens (including phenoxy) is 2. The van der Waals surface area contributed by atoms with E-state index in [1.165, 1.54) is 25.1 Å². The molecule has 0 aliphatic heterocycles. The maximum absolute atomic E-state index is 13.5. The zero-order valence-electron chi connectivity index (χ0n) is 13.9. The van der Waals surface area contributed by atoms with Crippen molar-refractivity contribution in [2.24, 2.45) is 0 Å². The van der Waals surface area contributed by atoms with Gasteiger partial charge in [-0.3, -0.25) is 20.4 Å². The van der Waals surface area contributed by atoms with Crippen LogP contribution in [0.4, 0.5) is 4.39 Å². The van der Waals surface area contributed by atoms with Crippen molar-refractivity contribution in [2.75, 3.05) is 6.61 Å². The minimum atomic E-state index is -1.02. The van der Waals surface area contributed by atoms with Gasteiger partial charge < -0.3 is 9.47 Å². The van der Waals surface area contributed by atoms with Crippen LogP contribution in [-0.2, 0) is 9.59 Å². The number of nitrogens with one attached hydrogen (secondary N) is 2. The molecule has 0 aliphatic carbocycles. The van der Waals surface area contributed by atoms with E-state index in [4.69, 9.17) is 14.7 Å². The summed E-state index contributed by atoms with van der Waals surface area (Å²) in [4.78, 5) is 23.5. The number of nitrogens with zero attached hydrogens (tertiary/aromatic N) is 1. The summed E-state index contributed by atoms with van der Waals surface area (Å²) >= 11 is 0. The van der Waals surface area contributed by atoms with Gasteiger partial charge in [-0.1, -0.05) is 12.1 Å². The number of nitriles is 1. The van der Waals surface area contributed by atoms with Gasteiger partial charge in [0.05, 0.1) is 11.6 Å². The standard InChI is InChI=1S/C18H16FN3O4/c1-12(26-16-5-3-2-4-15(16)19)18(24)22-21-17(23)11-25-14-8-6-13(10-20)7-9-14/h2-9,12H,11H2,1H3,(H,21,23)(H,22,24)/t12-/m1/s1. The van der Waals surface area contributed by atoms with Crippen LogP contribution in [0.3, 0.4) is 0 Å². The normalized spacial score (nSPS) is 11.0. The monoisotopic (exact) mass is 357 g/mol. The molecule has 0 aliphatic rings. The SMILES string of the molecule is C[C@@H](Oc1ccccc1F)C(=O)NNC(=O)COc1ccc(C#N)cc1. The molecule has 0 heterocycles. The highest BCUT2D eigenvalue weighted by Crippen LogP contribution is 2.16. The largest absolute Gasteiger partial charge is 0.484 e. The smallest absolute Gasteiger partial charge is 0.279 e. The first-order valence-electron chi connectivity index (χ1n) is 7.62. The first kappa shape index (κ1) is 18.7. The van der Waals surface area contributed by atoms with Crippen molar-refractivity contribution in [3.63, 3.8) is 0 Å². The van der Waals surface area contributed by atoms with E-state index in [9.17, 15) is 14.0 Å². The lowest BCUT2D eigenvalue weighted by molar-refractivity contribution is -0.133. The van der Waals surface area contributed by atoms with Gasteiger partial charge in [-0.15, -0.1) is 0 Å². The van der Waals surface area contributed by atoms with Gasteiger partial charge in [-0.05, 0) is 43.3 Å². The molecule has 2 aromatic rings. The summed E-state index contributed by atoms with van der Waals surface area (Å²) in [5.41, 5.74) is 4.80. The summed E-state index contributed by atoms with van der Waals surface area (Å²) in [5.74, 6) is -1.50. The summed E-state index contributed by atoms with van der Waals surface area (Å²) < 4.78 is 23.9. The third kappa shape index (κ3) is 5.49. The molecule has 0 saturated heterocycles. The van der Waals surface area contributed by atoms with E-state index < -0.39 is 23.7 Å². The maximum Gasteiger partial charge on any atom is 0.279 e. The molecule has 0 bridgehead atoms. The first-order valence-corrected chi connectivity index (χ1v) is 7.62. The number of halogens is 1. The third-order valence-corrected chi connectivity index (χ3v) is 3.19. The van der Waals surface area contributed by atoms with Crippen molar-refractivity contribution in [3.8, 4) is 17.6 Å². The predicted molar refractivity (Wildman–Crippen MR) is 89.4 cm³/mol. The van der Waals surface area contributed by atoms with Crippen molar-refractivity contribution in [1.29, 1.82) is 5.26 Å². The summed E-state index contributed by atoms with van der Waals surface area (Å²) in [5, 5.41) is 8.70. The van der Waals surface area contributed by atoms with Crippen LogP contribution in [0.15, 0.2) is 48.5 Å². The second-order valence-electron chi connectivity index (χ2n) is 5.15. The predicted octanol–water partition coefficient (Wildman–Crippen LogP) is 1.69. The fraction of sp³-hybridized carbons (Fsp3) is 0.167. The fourth-order valence-electron chi connectivity index (χ4n) is 1.83. The van der Waals surface area contributed by atoms with Gasteiger partial charge in [-0.25, -0.2) is 4.39 Å². The number of rotatable bonds is 6. The molecule has 0 spiro atoms. The molecule has 0 radical (unpaired) electrons. The topological polar surface area (TPSA) is 100 Å². The minimum absolute atomic E-state index is 0.0642. The Morgan fingerprint density at radius 3 is 2.50 bits per heavy atom. The van der Waals surface area contributed by atoms with E-state index in [1.54, 1.807) is 30.3 Å². The average Bonchev–Trinajstić information content (AvgIpc) is 2.66. The van der Waals surface area contributed by atoms with E-state index in [-0.39, 0.29) is 12.4 Å². The van der Waals surface area contributed by atoms with Crippen LogP contribution in [0.5, 0.6) is 11.5 Å². The quantitative estimate of drug-likeness (QED) is 0.767. The van der Waals surface area contributed by atoms with Crippen LogP contribution in [0.2, 0.25) is 0 Å². The molecular weight excluding hydrogens is 341 g/mol. The molecule has 26 heavy (non-hydrogen) atoms. The van der Waals surface area contributed by atoms with Crippen LogP contribution in [-0.4, -0.2) is 24.5 Å². The molecule has 0 aromatic heterocycles. The van der Waals surface area contributed by atoms with Gasteiger partial charge in [0, 0.05) is 0 Å². The van der Waals surface area contributed by atoms with Crippen molar-refractivity contribution < 1.29 is 23.5 Å². The van der Waals surface area contributed by atoms with Gasteiger partial charge in [0.2, 0.25) is 0 Å². The van der Waals surface area contributed by atoms with Crippen LogP contribution in [0.25, 0.3) is 0 Å². The van der Waals surface area contributed by atoms with Crippen molar-refractivity contribution in [3.05, 3.63) is 59.9 Å². The lowest BCUT2D eigenvalue weighted by atomic mass is 10.2. The van der Waals surface area contributed by atoms with Crippen LogP contribution >= 0.6 is 0 Å². The van der Waals surface area contributed by atoms with Crippen LogP contribution in [0.1, 0.15) is 12.5 Å². The van der Waals surface area contributed by atoms with E-state index in [1.807, 2.05) is 6.07 Å². The Labute approximate surface area is 149 Å². The number of carbonyl (C=O) groups excluding carboxylic acids is 2. The van der Waals surface area contributed by atoms with E-state index >= 15 is 0 Å². The molecule has 0 saturated carbocycles. The third-order valence-electron chi connectivity index (χ3n) is 3.19. The molecule has 2 rings (SSSR count). The van der Waals surface area contributed by atoms with Crippen LogP contribution in [0, 0.1) is 17.1 Å². The molecule has 134 valence electrons. The number of benzene rings is 2. The number of para-hydroxylation sites is 1. The lowest BCUT2D eigenvalue weighted by Gasteiger charge is -2.15. The van der Waals surface area contributed by atoms with Gasteiger partial charge in [0.25, 0.3) is 11.8 Å². The zero-order valence-corrected chi connectivity index (χ0v) is 13.9. The number of carbonyl (C=O) groups is 2. The Morgan fingerprint density at radius 2 is 1.85 bits per heavy atom. The number of hydrogen-bond donors (Lipinski definition) is 2. The highest BCUT2D eigenvalue weighted by Gasteiger charge is 2.17. The molecule has 7 nitrogen and oxygen atoms in total. The Bertz CT molecular complexity index is 818. The molecule has 2 N–H and O–H groups in total. The summed E-state index contributed by atoms with van der Waals surface area (Å²) in [6, 6.07) is 13.8. The van der Waals surface area contributed by atoms with Gasteiger partial charge in [0.15, 0.2) is 24.3 Å². The van der Waals surface area contributed by atoms with Crippen molar-refractivity contribution in [2.45, 2.75) is 13.0 Å². The highest BCUT2D eigenvalue weighted by molar-refractivity contribution is 5.85. The van der Waals surface area contributed by atoms with E-state index in [0.29, 0.717) is 11.3 Å². The summed E-state index contributed by atoms with van der Waals surface area (Å²) in [6.45, 7) is 1.08. The molecule has 0 unspecified atom stereocenters. The molecule has 1 atom stereocenters. The van der Waals surface area contributed by atoms with E-state index in [2.05, 4.69) is 10.9 Å². The Balaban J connectivity index is 1.74. The number of hydrazine groups is 1. The average molecular weight is 357 g/mol. The second-order valence-corrected chi connectivity index (χ2v) is 5.15. The Morgan fingerprint density at radius 1 is 1.15 bits per heavy atom. The first-order chi connectivity index (χ1) is 12.5.